The molecule has 1 saturated heterocycles. The first kappa shape index (κ1) is 12.9. The van der Waals surface area contributed by atoms with Gasteiger partial charge in [0.1, 0.15) is 5.75 Å². The Kier molecular flexibility index (Phi) is 3.87. The van der Waals surface area contributed by atoms with E-state index in [1.54, 1.807) is 13.2 Å². The molecule has 1 amide bonds. The van der Waals surface area contributed by atoms with E-state index in [9.17, 15) is 4.79 Å². The normalized spacial score (nSPS) is 23.8. The van der Waals surface area contributed by atoms with Gasteiger partial charge >= 0.3 is 0 Å². The lowest BCUT2D eigenvalue weighted by atomic mass is 10.1. The zero-order chi connectivity index (χ0) is 13.1. The quantitative estimate of drug-likeness (QED) is 0.862. The second-order valence-electron chi connectivity index (χ2n) is 4.91. The molecule has 0 radical (unpaired) electrons. The summed E-state index contributed by atoms with van der Waals surface area (Å²) in [5.41, 5.74) is 0.690. The Morgan fingerprint density at radius 1 is 1.33 bits per heavy atom. The smallest absolute Gasteiger partial charge is 0.254 e. The third-order valence-corrected chi connectivity index (χ3v) is 3.16. The van der Waals surface area contributed by atoms with Crippen molar-refractivity contribution in [2.75, 3.05) is 20.2 Å². The van der Waals surface area contributed by atoms with Gasteiger partial charge in [0.05, 0.1) is 7.11 Å². The lowest BCUT2D eigenvalue weighted by molar-refractivity contribution is 0.0673. The van der Waals surface area contributed by atoms with Crippen molar-refractivity contribution in [3.63, 3.8) is 0 Å². The summed E-state index contributed by atoms with van der Waals surface area (Å²) in [6.45, 7) is 5.70. The predicted molar refractivity (Wildman–Crippen MR) is 71.0 cm³/mol. The van der Waals surface area contributed by atoms with Crippen LogP contribution in [0.15, 0.2) is 24.3 Å². The molecule has 98 valence electrons. The van der Waals surface area contributed by atoms with Crippen LogP contribution in [0.3, 0.4) is 0 Å². The minimum atomic E-state index is 0.0779. The van der Waals surface area contributed by atoms with E-state index in [4.69, 9.17) is 4.74 Å². The molecule has 0 saturated carbocycles. The topological polar surface area (TPSA) is 41.6 Å². The number of rotatable bonds is 2. The molecule has 0 bridgehead atoms. The molecule has 2 atom stereocenters. The summed E-state index contributed by atoms with van der Waals surface area (Å²) >= 11 is 0. The largest absolute Gasteiger partial charge is 0.497 e. The maximum absolute atomic E-state index is 12.4. The van der Waals surface area contributed by atoms with Crippen LogP contribution in [-0.2, 0) is 0 Å². The summed E-state index contributed by atoms with van der Waals surface area (Å²) in [5, 5.41) is 3.42. The molecule has 0 aromatic heterocycles. The molecule has 1 heterocycles. The molecule has 4 heteroatoms. The molecule has 2 rings (SSSR count). The second kappa shape index (κ2) is 5.40. The van der Waals surface area contributed by atoms with E-state index in [1.807, 2.05) is 23.1 Å². The number of carbonyl (C=O) groups is 1. The van der Waals surface area contributed by atoms with E-state index < -0.39 is 0 Å². The Labute approximate surface area is 108 Å². The first-order chi connectivity index (χ1) is 8.60. The van der Waals surface area contributed by atoms with E-state index >= 15 is 0 Å². The standard InChI is InChI=1S/C14H20N2O2/c1-10-8-16(9-11(2)15-10)14(17)12-5-4-6-13(7-12)18-3/h4-7,10-11,15H,8-9H2,1-3H3. The molecule has 1 aromatic carbocycles. The van der Waals surface area contributed by atoms with Gasteiger partial charge in [0, 0.05) is 30.7 Å². The number of amides is 1. The first-order valence-electron chi connectivity index (χ1n) is 6.29. The number of hydrogen-bond acceptors (Lipinski definition) is 3. The highest BCUT2D eigenvalue weighted by Gasteiger charge is 2.25. The van der Waals surface area contributed by atoms with Crippen LogP contribution >= 0.6 is 0 Å². The summed E-state index contributed by atoms with van der Waals surface area (Å²) in [7, 11) is 1.61. The number of benzene rings is 1. The van der Waals surface area contributed by atoms with Crippen LogP contribution in [-0.4, -0.2) is 43.1 Å². The summed E-state index contributed by atoms with van der Waals surface area (Å²) in [4.78, 5) is 14.3. The number of methoxy groups -OCH3 is 1. The van der Waals surface area contributed by atoms with E-state index in [0.717, 1.165) is 18.8 Å². The fourth-order valence-corrected chi connectivity index (χ4v) is 2.43. The highest BCUT2D eigenvalue weighted by Crippen LogP contribution is 2.16. The van der Waals surface area contributed by atoms with Crippen LogP contribution in [0, 0.1) is 0 Å². The second-order valence-corrected chi connectivity index (χ2v) is 4.91. The molecule has 0 aliphatic carbocycles. The highest BCUT2D eigenvalue weighted by molar-refractivity contribution is 5.94. The lowest BCUT2D eigenvalue weighted by Crippen LogP contribution is -2.55. The number of nitrogens with one attached hydrogen (secondary N) is 1. The van der Waals surface area contributed by atoms with Crippen molar-refractivity contribution in [3.05, 3.63) is 29.8 Å². The Balaban J connectivity index is 2.14. The molecule has 1 aromatic rings. The Morgan fingerprint density at radius 2 is 2.00 bits per heavy atom. The molecular weight excluding hydrogens is 228 g/mol. The zero-order valence-corrected chi connectivity index (χ0v) is 11.1. The van der Waals surface area contributed by atoms with Crippen LogP contribution < -0.4 is 10.1 Å². The van der Waals surface area contributed by atoms with Gasteiger partial charge in [-0.15, -0.1) is 0 Å². The predicted octanol–water partition coefficient (Wildman–Crippen LogP) is 1.52. The lowest BCUT2D eigenvalue weighted by Gasteiger charge is -2.36. The fourth-order valence-electron chi connectivity index (χ4n) is 2.43. The first-order valence-corrected chi connectivity index (χ1v) is 6.29. The van der Waals surface area contributed by atoms with Crippen molar-refractivity contribution in [1.82, 2.24) is 10.2 Å². The zero-order valence-electron chi connectivity index (χ0n) is 11.1. The van der Waals surface area contributed by atoms with Gasteiger partial charge in [-0.05, 0) is 32.0 Å². The molecule has 18 heavy (non-hydrogen) atoms. The van der Waals surface area contributed by atoms with Crippen molar-refractivity contribution >= 4 is 5.91 Å². The molecule has 0 spiro atoms. The SMILES string of the molecule is COc1cccc(C(=O)N2CC(C)NC(C)C2)c1. The minimum absolute atomic E-state index is 0.0779. The Hall–Kier alpha value is -1.55. The van der Waals surface area contributed by atoms with E-state index in [2.05, 4.69) is 19.2 Å². The number of hydrogen-bond donors (Lipinski definition) is 1. The Morgan fingerprint density at radius 3 is 2.61 bits per heavy atom. The number of ether oxygens (including phenoxy) is 1. The summed E-state index contributed by atoms with van der Waals surface area (Å²) < 4.78 is 5.15. The highest BCUT2D eigenvalue weighted by atomic mass is 16.5. The van der Waals surface area contributed by atoms with Gasteiger partial charge in [0.2, 0.25) is 0 Å². The number of nitrogens with zero attached hydrogens (tertiary/aromatic N) is 1. The molecule has 1 N–H and O–H groups in total. The van der Waals surface area contributed by atoms with Gasteiger partial charge in [-0.1, -0.05) is 6.07 Å². The van der Waals surface area contributed by atoms with Gasteiger partial charge in [-0.25, -0.2) is 0 Å². The van der Waals surface area contributed by atoms with Crippen LogP contribution in [0.4, 0.5) is 0 Å². The van der Waals surface area contributed by atoms with E-state index in [1.165, 1.54) is 0 Å². The van der Waals surface area contributed by atoms with Crippen molar-refractivity contribution in [1.29, 1.82) is 0 Å². The van der Waals surface area contributed by atoms with Crippen molar-refractivity contribution < 1.29 is 9.53 Å². The van der Waals surface area contributed by atoms with Gasteiger partial charge in [0.25, 0.3) is 5.91 Å². The Bertz CT molecular complexity index is 424. The average molecular weight is 248 g/mol. The van der Waals surface area contributed by atoms with Crippen molar-refractivity contribution in [3.8, 4) is 5.75 Å². The summed E-state index contributed by atoms with van der Waals surface area (Å²) in [5.74, 6) is 0.797. The van der Waals surface area contributed by atoms with Gasteiger partial charge in [0.15, 0.2) is 0 Å². The molecular formula is C14H20N2O2. The number of piperazine rings is 1. The van der Waals surface area contributed by atoms with Crippen LogP contribution in [0.2, 0.25) is 0 Å². The average Bonchev–Trinajstić information content (AvgIpc) is 2.37. The molecule has 1 aliphatic heterocycles. The van der Waals surface area contributed by atoms with Crippen molar-refractivity contribution in [2.24, 2.45) is 0 Å². The van der Waals surface area contributed by atoms with Crippen molar-refractivity contribution in [2.45, 2.75) is 25.9 Å². The van der Waals surface area contributed by atoms with E-state index in [0.29, 0.717) is 17.6 Å². The van der Waals surface area contributed by atoms with Crippen LogP contribution in [0.5, 0.6) is 5.75 Å². The minimum Gasteiger partial charge on any atom is -0.497 e. The molecule has 4 nitrogen and oxygen atoms in total. The third kappa shape index (κ3) is 2.82. The molecule has 2 unspecified atom stereocenters. The van der Waals surface area contributed by atoms with Gasteiger partial charge in [-0.2, -0.15) is 0 Å². The summed E-state index contributed by atoms with van der Waals surface area (Å²) in [6.07, 6.45) is 0. The van der Waals surface area contributed by atoms with Crippen LogP contribution in [0.25, 0.3) is 0 Å². The van der Waals surface area contributed by atoms with Gasteiger partial charge < -0.3 is 15.0 Å². The van der Waals surface area contributed by atoms with Crippen LogP contribution in [0.1, 0.15) is 24.2 Å². The molecule has 1 aliphatic rings. The fraction of sp³-hybridized carbons (Fsp3) is 0.500. The molecule has 1 fully saturated rings. The maximum atomic E-state index is 12.4. The summed E-state index contributed by atoms with van der Waals surface area (Å²) in [6, 6.07) is 8.00. The maximum Gasteiger partial charge on any atom is 0.254 e. The number of carbonyl (C=O) groups excluding carboxylic acids is 1. The van der Waals surface area contributed by atoms with E-state index in [-0.39, 0.29) is 5.91 Å². The monoisotopic (exact) mass is 248 g/mol. The third-order valence-electron chi connectivity index (χ3n) is 3.16. The van der Waals surface area contributed by atoms with Gasteiger partial charge in [-0.3, -0.25) is 4.79 Å².